The smallest absolute Gasteiger partial charge is 0.215 e. The van der Waals surface area contributed by atoms with Gasteiger partial charge in [-0.25, -0.2) is 0 Å². The fourth-order valence-corrected chi connectivity index (χ4v) is 1.98. The van der Waals surface area contributed by atoms with Crippen LogP contribution in [0.5, 0.6) is 0 Å². The normalized spacial score (nSPS) is 11.3. The fourth-order valence-electron chi connectivity index (χ4n) is 1.98. The quantitative estimate of drug-likeness (QED) is 0.586. The zero-order chi connectivity index (χ0) is 11.3. The van der Waals surface area contributed by atoms with Crippen molar-refractivity contribution >= 4 is 27.8 Å². The van der Waals surface area contributed by atoms with Crippen molar-refractivity contribution in [2.24, 2.45) is 7.05 Å². The lowest BCUT2D eigenvalue weighted by Gasteiger charge is -1.98. The summed E-state index contributed by atoms with van der Waals surface area (Å²) in [6, 6.07) is 7.35. The molecule has 0 fully saturated rings. The van der Waals surface area contributed by atoms with Gasteiger partial charge in [-0.1, -0.05) is 12.1 Å². The second-order valence-corrected chi connectivity index (χ2v) is 3.73. The lowest BCUT2D eigenvalue weighted by Crippen LogP contribution is -2.07. The Morgan fingerprint density at radius 1 is 1.38 bits per heavy atom. The van der Waals surface area contributed by atoms with E-state index in [1.807, 2.05) is 18.2 Å². The van der Waals surface area contributed by atoms with Gasteiger partial charge < -0.3 is 10.7 Å². The second-order valence-electron chi connectivity index (χ2n) is 3.73. The van der Waals surface area contributed by atoms with Crippen LogP contribution >= 0.6 is 0 Å². The van der Waals surface area contributed by atoms with Gasteiger partial charge in [-0.3, -0.25) is 9.48 Å². The van der Waals surface area contributed by atoms with E-state index in [1.165, 1.54) is 4.68 Å². The minimum absolute atomic E-state index is 0.0453. The second kappa shape index (κ2) is 2.85. The zero-order valence-corrected chi connectivity index (χ0v) is 8.69. The molecule has 0 aliphatic carbocycles. The van der Waals surface area contributed by atoms with Crippen molar-refractivity contribution in [2.75, 3.05) is 5.73 Å². The lowest BCUT2D eigenvalue weighted by atomic mass is 10.2. The molecule has 3 rings (SSSR count). The molecule has 0 saturated heterocycles. The molecule has 0 amide bonds. The van der Waals surface area contributed by atoms with Crippen LogP contribution in [0.4, 0.5) is 5.82 Å². The molecule has 0 aliphatic heterocycles. The molecule has 5 heteroatoms. The standard InChI is InChI=1S/C11H10N4O/c1-15-9-8(11(12)14-15)13-7-5-3-2-4-6(7)10(9)16/h2-5H,1H3,(H2,12,14)(H,13,16). The molecule has 2 aromatic heterocycles. The highest BCUT2D eigenvalue weighted by atomic mass is 16.1. The Morgan fingerprint density at radius 3 is 2.94 bits per heavy atom. The van der Waals surface area contributed by atoms with Crippen molar-refractivity contribution in [2.45, 2.75) is 0 Å². The molecule has 0 unspecified atom stereocenters. The minimum atomic E-state index is -0.0453. The molecule has 0 spiro atoms. The van der Waals surface area contributed by atoms with E-state index in [0.29, 0.717) is 22.2 Å². The van der Waals surface area contributed by atoms with Crippen LogP contribution in [-0.4, -0.2) is 14.8 Å². The van der Waals surface area contributed by atoms with Crippen LogP contribution in [-0.2, 0) is 7.05 Å². The Hall–Kier alpha value is -2.30. The Bertz CT molecular complexity index is 754. The van der Waals surface area contributed by atoms with Crippen LogP contribution in [0.1, 0.15) is 0 Å². The van der Waals surface area contributed by atoms with E-state index >= 15 is 0 Å². The highest BCUT2D eigenvalue weighted by Crippen LogP contribution is 2.18. The van der Waals surface area contributed by atoms with Crippen LogP contribution in [0, 0.1) is 0 Å². The molecule has 0 atom stereocenters. The van der Waals surface area contributed by atoms with Crippen molar-refractivity contribution in [1.29, 1.82) is 0 Å². The van der Waals surface area contributed by atoms with Crippen LogP contribution < -0.4 is 11.2 Å². The van der Waals surface area contributed by atoms with Crippen LogP contribution in [0.15, 0.2) is 29.1 Å². The third-order valence-corrected chi connectivity index (χ3v) is 2.72. The zero-order valence-electron chi connectivity index (χ0n) is 8.69. The van der Waals surface area contributed by atoms with Gasteiger partial charge in [0.15, 0.2) is 5.82 Å². The SMILES string of the molecule is Cn1nc(N)c2[nH]c3ccccc3c(=O)c21. The van der Waals surface area contributed by atoms with Crippen molar-refractivity contribution in [1.82, 2.24) is 14.8 Å². The summed E-state index contributed by atoms with van der Waals surface area (Å²) in [6.45, 7) is 0. The number of pyridine rings is 1. The number of hydrogen-bond donors (Lipinski definition) is 2. The number of rotatable bonds is 0. The fraction of sp³-hybridized carbons (Fsp3) is 0.0909. The van der Waals surface area contributed by atoms with E-state index in [0.717, 1.165) is 5.52 Å². The van der Waals surface area contributed by atoms with Crippen molar-refractivity contribution < 1.29 is 0 Å². The average Bonchev–Trinajstić information content (AvgIpc) is 2.55. The van der Waals surface area contributed by atoms with E-state index in [9.17, 15) is 4.79 Å². The van der Waals surface area contributed by atoms with Crippen LogP contribution in [0.3, 0.4) is 0 Å². The van der Waals surface area contributed by atoms with Crippen molar-refractivity contribution in [3.8, 4) is 0 Å². The molecule has 16 heavy (non-hydrogen) atoms. The summed E-state index contributed by atoms with van der Waals surface area (Å²) in [5.74, 6) is 0.348. The first-order valence-electron chi connectivity index (χ1n) is 4.91. The highest BCUT2D eigenvalue weighted by molar-refractivity contribution is 5.95. The van der Waals surface area contributed by atoms with Crippen molar-refractivity contribution in [3.63, 3.8) is 0 Å². The summed E-state index contributed by atoms with van der Waals surface area (Å²) in [6.07, 6.45) is 0. The number of nitrogen functional groups attached to an aromatic ring is 1. The number of para-hydroxylation sites is 1. The first-order valence-corrected chi connectivity index (χ1v) is 4.91. The highest BCUT2D eigenvalue weighted by Gasteiger charge is 2.12. The first kappa shape index (κ1) is 8.96. The van der Waals surface area contributed by atoms with Crippen LogP contribution in [0.25, 0.3) is 21.9 Å². The predicted molar refractivity (Wildman–Crippen MR) is 63.3 cm³/mol. The summed E-state index contributed by atoms with van der Waals surface area (Å²) in [7, 11) is 1.71. The molecule has 3 N–H and O–H groups in total. The van der Waals surface area contributed by atoms with Gasteiger partial charge in [-0.2, -0.15) is 5.10 Å². The van der Waals surface area contributed by atoms with Gasteiger partial charge >= 0.3 is 0 Å². The summed E-state index contributed by atoms with van der Waals surface area (Å²) < 4.78 is 1.51. The Balaban J connectivity index is 2.69. The van der Waals surface area contributed by atoms with Gasteiger partial charge in [-0.05, 0) is 12.1 Å². The van der Waals surface area contributed by atoms with Gasteiger partial charge in [0.25, 0.3) is 0 Å². The Morgan fingerprint density at radius 2 is 2.12 bits per heavy atom. The molecule has 0 saturated carbocycles. The summed E-state index contributed by atoms with van der Waals surface area (Å²) >= 11 is 0. The molecule has 80 valence electrons. The maximum Gasteiger partial charge on any atom is 0.215 e. The van der Waals surface area contributed by atoms with Gasteiger partial charge in [0.1, 0.15) is 11.0 Å². The van der Waals surface area contributed by atoms with Gasteiger partial charge in [0, 0.05) is 18.0 Å². The molecule has 0 radical (unpaired) electrons. The predicted octanol–water partition coefficient (Wildman–Crippen LogP) is 0.997. The van der Waals surface area contributed by atoms with E-state index < -0.39 is 0 Å². The Labute approximate surface area is 90.5 Å². The molecule has 3 aromatic rings. The molecule has 5 nitrogen and oxygen atoms in total. The number of benzene rings is 1. The summed E-state index contributed by atoms with van der Waals surface area (Å²) in [5.41, 5.74) is 7.58. The molecule has 0 aliphatic rings. The molecule has 0 bridgehead atoms. The van der Waals surface area contributed by atoms with E-state index in [-0.39, 0.29) is 5.43 Å². The number of hydrogen-bond acceptors (Lipinski definition) is 3. The maximum atomic E-state index is 12.2. The number of fused-ring (bicyclic) bond motifs is 2. The van der Waals surface area contributed by atoms with E-state index in [1.54, 1.807) is 13.1 Å². The van der Waals surface area contributed by atoms with Gasteiger partial charge in [-0.15, -0.1) is 0 Å². The number of aryl methyl sites for hydroxylation is 1. The molecular weight excluding hydrogens is 204 g/mol. The van der Waals surface area contributed by atoms with Crippen molar-refractivity contribution in [3.05, 3.63) is 34.5 Å². The number of nitrogens with zero attached hydrogens (tertiary/aromatic N) is 2. The third kappa shape index (κ3) is 0.995. The first-order chi connectivity index (χ1) is 7.68. The topological polar surface area (TPSA) is 76.7 Å². The summed E-state index contributed by atoms with van der Waals surface area (Å²) in [5, 5.41) is 4.69. The Kier molecular flexibility index (Phi) is 1.60. The van der Waals surface area contributed by atoms with Crippen LogP contribution in [0.2, 0.25) is 0 Å². The number of nitrogens with one attached hydrogen (secondary N) is 1. The lowest BCUT2D eigenvalue weighted by molar-refractivity contribution is 0.800. The summed E-state index contributed by atoms with van der Waals surface area (Å²) in [4.78, 5) is 15.3. The number of nitrogens with two attached hydrogens (primary N) is 1. The molecular formula is C11H10N4O. The largest absolute Gasteiger partial charge is 0.380 e. The van der Waals surface area contributed by atoms with E-state index in [2.05, 4.69) is 10.1 Å². The number of H-pyrrole nitrogens is 1. The number of aromatic nitrogens is 3. The number of anilines is 1. The molecule has 2 heterocycles. The molecule has 1 aromatic carbocycles. The minimum Gasteiger partial charge on any atom is -0.380 e. The number of aromatic amines is 1. The van der Waals surface area contributed by atoms with Gasteiger partial charge in [0.05, 0.1) is 0 Å². The third-order valence-electron chi connectivity index (χ3n) is 2.72. The average molecular weight is 214 g/mol. The van der Waals surface area contributed by atoms with Gasteiger partial charge in [0.2, 0.25) is 5.43 Å². The monoisotopic (exact) mass is 214 g/mol. The maximum absolute atomic E-state index is 12.2. The van der Waals surface area contributed by atoms with E-state index in [4.69, 9.17) is 5.73 Å².